The molecule has 130 valence electrons. The molecule has 0 atom stereocenters. The molecule has 2 aromatic heterocycles. The van der Waals surface area contributed by atoms with E-state index in [1.54, 1.807) is 51.9 Å². The monoisotopic (exact) mass is 342 g/mol. The van der Waals surface area contributed by atoms with Crippen LogP contribution in [0, 0.1) is 5.82 Å². The predicted molar refractivity (Wildman–Crippen MR) is 91.4 cm³/mol. The fourth-order valence-electron chi connectivity index (χ4n) is 2.43. The van der Waals surface area contributed by atoms with E-state index in [-0.39, 0.29) is 11.8 Å². The lowest BCUT2D eigenvalue weighted by Crippen LogP contribution is -2.31. The molecule has 0 bridgehead atoms. The van der Waals surface area contributed by atoms with Crippen molar-refractivity contribution in [1.29, 1.82) is 0 Å². The van der Waals surface area contributed by atoms with Gasteiger partial charge in [-0.15, -0.1) is 0 Å². The number of carbonyl (C=O) groups excluding carboxylic acids is 1. The van der Waals surface area contributed by atoms with E-state index in [0.717, 1.165) is 11.1 Å². The number of amides is 2. The van der Waals surface area contributed by atoms with Crippen LogP contribution in [0.4, 0.5) is 15.0 Å². The summed E-state index contributed by atoms with van der Waals surface area (Å²) in [6.07, 6.45) is 5.20. The van der Waals surface area contributed by atoms with E-state index in [0.29, 0.717) is 18.9 Å². The summed E-state index contributed by atoms with van der Waals surface area (Å²) in [6.45, 7) is 0.890. The molecule has 0 fully saturated rings. The van der Waals surface area contributed by atoms with Crippen molar-refractivity contribution >= 4 is 11.8 Å². The Hall–Kier alpha value is -3.16. The van der Waals surface area contributed by atoms with Crippen LogP contribution in [0.25, 0.3) is 0 Å². The molecule has 0 aliphatic heterocycles. The number of nitrogens with zero attached hydrogens (tertiary/aromatic N) is 5. The van der Waals surface area contributed by atoms with Crippen molar-refractivity contribution in [3.63, 3.8) is 0 Å². The second-order valence-corrected chi connectivity index (χ2v) is 5.81. The largest absolute Gasteiger partial charge is 0.323 e. The second kappa shape index (κ2) is 7.16. The van der Waals surface area contributed by atoms with Crippen LogP contribution in [0.1, 0.15) is 11.1 Å². The lowest BCUT2D eigenvalue weighted by molar-refractivity contribution is 0.220. The lowest BCUT2D eigenvalue weighted by atomic mass is 10.2. The normalized spacial score (nSPS) is 10.7. The SMILES string of the molecule is CN(Cc1cnn(C)c1)C(=O)Nc1ccnn1Cc1ccc(F)cc1. The molecule has 2 heterocycles. The Labute approximate surface area is 144 Å². The molecular weight excluding hydrogens is 323 g/mol. The average Bonchev–Trinajstić information content (AvgIpc) is 3.19. The van der Waals surface area contributed by atoms with Gasteiger partial charge >= 0.3 is 6.03 Å². The minimum atomic E-state index is -0.283. The highest BCUT2D eigenvalue weighted by Crippen LogP contribution is 2.12. The van der Waals surface area contributed by atoms with Gasteiger partial charge in [-0.05, 0) is 17.7 Å². The Morgan fingerprint density at radius 1 is 1.20 bits per heavy atom. The summed E-state index contributed by atoms with van der Waals surface area (Å²) < 4.78 is 16.3. The molecule has 3 aromatic rings. The third-order valence-corrected chi connectivity index (χ3v) is 3.72. The highest BCUT2D eigenvalue weighted by molar-refractivity contribution is 5.88. The fourth-order valence-corrected chi connectivity index (χ4v) is 2.43. The van der Waals surface area contributed by atoms with Crippen LogP contribution in [-0.2, 0) is 20.1 Å². The first-order valence-electron chi connectivity index (χ1n) is 7.77. The molecule has 0 aliphatic rings. The quantitative estimate of drug-likeness (QED) is 0.774. The van der Waals surface area contributed by atoms with Gasteiger partial charge in [0, 0.05) is 31.9 Å². The van der Waals surface area contributed by atoms with Crippen LogP contribution in [0.2, 0.25) is 0 Å². The zero-order chi connectivity index (χ0) is 17.8. The van der Waals surface area contributed by atoms with E-state index in [1.807, 2.05) is 13.2 Å². The Balaban J connectivity index is 1.63. The Bertz CT molecular complexity index is 854. The molecule has 2 amide bonds. The Kier molecular flexibility index (Phi) is 4.78. The van der Waals surface area contributed by atoms with E-state index in [2.05, 4.69) is 15.5 Å². The summed E-state index contributed by atoms with van der Waals surface area (Å²) in [7, 11) is 3.54. The third-order valence-electron chi connectivity index (χ3n) is 3.72. The van der Waals surface area contributed by atoms with Gasteiger partial charge in [-0.25, -0.2) is 13.9 Å². The number of benzene rings is 1. The van der Waals surface area contributed by atoms with Gasteiger partial charge in [0.1, 0.15) is 11.6 Å². The maximum atomic E-state index is 13.0. The fraction of sp³-hybridized carbons (Fsp3) is 0.235. The summed E-state index contributed by atoms with van der Waals surface area (Å²) in [4.78, 5) is 13.9. The molecule has 0 saturated carbocycles. The summed E-state index contributed by atoms with van der Waals surface area (Å²) in [5, 5.41) is 11.1. The van der Waals surface area contributed by atoms with E-state index in [9.17, 15) is 9.18 Å². The lowest BCUT2D eigenvalue weighted by Gasteiger charge is -2.17. The van der Waals surface area contributed by atoms with Crippen LogP contribution < -0.4 is 5.32 Å². The number of hydrogen-bond donors (Lipinski definition) is 1. The molecule has 0 saturated heterocycles. The molecule has 8 heteroatoms. The topological polar surface area (TPSA) is 68.0 Å². The van der Waals surface area contributed by atoms with Gasteiger partial charge in [-0.1, -0.05) is 12.1 Å². The standard InChI is InChI=1S/C17H19FN6O/c1-22(10-14-9-20-23(2)11-14)17(25)21-16-7-8-19-24(16)12-13-3-5-15(18)6-4-13/h3-9,11H,10,12H2,1-2H3,(H,21,25). The van der Waals surface area contributed by atoms with Crippen molar-refractivity contribution in [3.8, 4) is 0 Å². The van der Waals surface area contributed by atoms with Gasteiger partial charge < -0.3 is 4.90 Å². The van der Waals surface area contributed by atoms with Gasteiger partial charge in [0.2, 0.25) is 0 Å². The highest BCUT2D eigenvalue weighted by atomic mass is 19.1. The molecule has 3 rings (SSSR count). The number of anilines is 1. The number of hydrogen-bond acceptors (Lipinski definition) is 3. The third kappa shape index (κ3) is 4.23. The van der Waals surface area contributed by atoms with Crippen molar-refractivity contribution in [1.82, 2.24) is 24.5 Å². The van der Waals surface area contributed by atoms with Gasteiger partial charge in [0.15, 0.2) is 0 Å². The first-order valence-corrected chi connectivity index (χ1v) is 7.77. The number of carbonyl (C=O) groups is 1. The molecule has 0 spiro atoms. The van der Waals surface area contributed by atoms with Crippen molar-refractivity contribution < 1.29 is 9.18 Å². The number of aromatic nitrogens is 4. The number of urea groups is 1. The maximum Gasteiger partial charge on any atom is 0.323 e. The molecule has 25 heavy (non-hydrogen) atoms. The minimum Gasteiger partial charge on any atom is -0.323 e. The van der Waals surface area contributed by atoms with E-state index in [1.165, 1.54) is 12.1 Å². The van der Waals surface area contributed by atoms with E-state index in [4.69, 9.17) is 0 Å². The smallest absolute Gasteiger partial charge is 0.323 e. The van der Waals surface area contributed by atoms with Crippen LogP contribution in [0.15, 0.2) is 48.9 Å². The van der Waals surface area contributed by atoms with Crippen molar-refractivity contribution in [2.75, 3.05) is 12.4 Å². The van der Waals surface area contributed by atoms with Gasteiger partial charge in [0.05, 0.1) is 25.5 Å². The van der Waals surface area contributed by atoms with Crippen LogP contribution in [-0.4, -0.2) is 37.5 Å². The number of aryl methyl sites for hydroxylation is 1. The van der Waals surface area contributed by atoms with Gasteiger partial charge in [0.25, 0.3) is 0 Å². The summed E-state index contributed by atoms with van der Waals surface area (Å²) in [5.74, 6) is 0.294. The second-order valence-electron chi connectivity index (χ2n) is 5.81. The minimum absolute atomic E-state index is 0.246. The molecule has 0 radical (unpaired) electrons. The Morgan fingerprint density at radius 2 is 1.96 bits per heavy atom. The van der Waals surface area contributed by atoms with Crippen LogP contribution in [0.5, 0.6) is 0 Å². The van der Waals surface area contributed by atoms with E-state index >= 15 is 0 Å². The first-order chi connectivity index (χ1) is 12.0. The number of nitrogens with one attached hydrogen (secondary N) is 1. The molecule has 7 nitrogen and oxygen atoms in total. The summed E-state index contributed by atoms with van der Waals surface area (Å²) >= 11 is 0. The maximum absolute atomic E-state index is 13.0. The summed E-state index contributed by atoms with van der Waals surface area (Å²) in [5.41, 5.74) is 1.84. The zero-order valence-electron chi connectivity index (χ0n) is 14.1. The Morgan fingerprint density at radius 3 is 2.64 bits per heavy atom. The zero-order valence-corrected chi connectivity index (χ0v) is 14.1. The number of rotatable bonds is 5. The average molecular weight is 342 g/mol. The molecular formula is C17H19FN6O. The van der Waals surface area contributed by atoms with Gasteiger partial charge in [-0.2, -0.15) is 10.2 Å². The number of halogens is 1. The molecule has 1 aromatic carbocycles. The summed E-state index contributed by atoms with van der Waals surface area (Å²) in [6, 6.07) is 7.66. The van der Waals surface area contributed by atoms with Crippen LogP contribution >= 0.6 is 0 Å². The van der Waals surface area contributed by atoms with Crippen LogP contribution in [0.3, 0.4) is 0 Å². The van der Waals surface area contributed by atoms with E-state index < -0.39 is 0 Å². The molecule has 0 unspecified atom stereocenters. The first kappa shape index (κ1) is 16.7. The van der Waals surface area contributed by atoms with Crippen molar-refractivity contribution in [2.45, 2.75) is 13.1 Å². The molecule has 0 aliphatic carbocycles. The van der Waals surface area contributed by atoms with Crippen molar-refractivity contribution in [2.24, 2.45) is 7.05 Å². The van der Waals surface area contributed by atoms with Crippen molar-refractivity contribution in [3.05, 3.63) is 65.9 Å². The van der Waals surface area contributed by atoms with Gasteiger partial charge in [-0.3, -0.25) is 10.00 Å². The predicted octanol–water partition coefficient (Wildman–Crippen LogP) is 2.47. The highest BCUT2D eigenvalue weighted by Gasteiger charge is 2.13. The molecule has 1 N–H and O–H groups in total.